The molecule has 10 nitrogen and oxygen atoms in total. The first kappa shape index (κ1) is 33.5. The number of nitrogens with one attached hydrogen (secondary N) is 2. The van der Waals surface area contributed by atoms with Crippen molar-refractivity contribution >= 4 is 35.5 Å². The molecule has 0 aliphatic carbocycles. The van der Waals surface area contributed by atoms with Crippen LogP contribution in [0, 0.1) is 0 Å². The Balaban J connectivity index is 5.31. The van der Waals surface area contributed by atoms with Gasteiger partial charge in [-0.05, 0) is 18.9 Å². The van der Waals surface area contributed by atoms with Crippen LogP contribution in [0.2, 0.25) is 0 Å². The van der Waals surface area contributed by atoms with Crippen molar-refractivity contribution in [3.8, 4) is 0 Å². The van der Waals surface area contributed by atoms with Crippen LogP contribution in [0.25, 0.3) is 0 Å². The van der Waals surface area contributed by atoms with Crippen molar-refractivity contribution in [2.45, 2.75) is 88.2 Å². The molecule has 7 N–H and O–H groups in total. The molecule has 208 valence electrons. The van der Waals surface area contributed by atoms with Crippen molar-refractivity contribution in [1.29, 1.82) is 0 Å². The number of hydrogen-bond donors (Lipinski definition) is 6. The van der Waals surface area contributed by atoms with Gasteiger partial charge in [0.25, 0.3) is 0 Å². The van der Waals surface area contributed by atoms with Crippen molar-refractivity contribution < 1.29 is 47.7 Å². The molecule has 1 unspecified atom stereocenters. The Morgan fingerprint density at radius 2 is 1.61 bits per heavy atom. The van der Waals surface area contributed by atoms with E-state index in [2.05, 4.69) is 17.6 Å². The summed E-state index contributed by atoms with van der Waals surface area (Å²) in [6.45, 7) is 1.31. The molecule has 0 rings (SSSR count). The highest BCUT2D eigenvalue weighted by Gasteiger charge is 2.34. The van der Waals surface area contributed by atoms with Crippen molar-refractivity contribution in [3.05, 3.63) is 11.8 Å². The molecule has 0 aromatic carbocycles. The number of nitrogens with two attached hydrogens (primary N) is 1. The summed E-state index contributed by atoms with van der Waals surface area (Å²) < 4.78 is 38.6. The Kier molecular flexibility index (Phi) is 16.6. The van der Waals surface area contributed by atoms with Crippen LogP contribution >= 0.6 is 11.8 Å². The number of aliphatic hydroxyl groups excluding tert-OH is 1. The average Bonchev–Trinajstić information content (AvgIpc) is 2.79. The van der Waals surface area contributed by atoms with Gasteiger partial charge in [-0.15, -0.1) is 0 Å². The zero-order valence-electron chi connectivity index (χ0n) is 20.2. The summed E-state index contributed by atoms with van der Waals surface area (Å²) in [5.74, 6) is -6.24. The van der Waals surface area contributed by atoms with Crippen LogP contribution in [-0.4, -0.2) is 74.9 Å². The molecule has 14 heteroatoms. The summed E-state index contributed by atoms with van der Waals surface area (Å²) in [5, 5.41) is 30.6. The Bertz CT molecular complexity index is 751. The number of allylic oxidation sites excluding steroid dienone is 1. The highest BCUT2D eigenvalue weighted by molar-refractivity contribution is 8.00. The minimum atomic E-state index is -4.94. The van der Waals surface area contributed by atoms with E-state index in [9.17, 15) is 37.5 Å². The Morgan fingerprint density at radius 1 is 1.00 bits per heavy atom. The van der Waals surface area contributed by atoms with Crippen LogP contribution in [0.4, 0.5) is 13.2 Å². The lowest BCUT2D eigenvalue weighted by molar-refractivity contribution is -0.139. The van der Waals surface area contributed by atoms with Crippen molar-refractivity contribution in [1.82, 2.24) is 10.6 Å². The van der Waals surface area contributed by atoms with Gasteiger partial charge in [0.2, 0.25) is 11.8 Å². The molecule has 0 radical (unpaired) electrons. The van der Waals surface area contributed by atoms with Gasteiger partial charge in [0.1, 0.15) is 18.6 Å². The minimum Gasteiger partial charge on any atom is -0.504 e. The first-order chi connectivity index (χ1) is 16.8. The molecule has 0 bridgehead atoms. The zero-order chi connectivity index (χ0) is 27.7. The van der Waals surface area contributed by atoms with Gasteiger partial charge >= 0.3 is 18.1 Å². The number of carboxylic acid groups (broad SMARTS) is 2. The molecule has 0 heterocycles. The SMILES string of the molecule is CCCCCCCCC(/C=C(\O)C(F)(F)F)SC[C@@H](NC(=O)CC[C@H](N)C(=O)O)C(=O)NCC(=O)O. The number of thioether (sulfide) groups is 1. The van der Waals surface area contributed by atoms with Gasteiger partial charge in [0, 0.05) is 17.4 Å². The van der Waals surface area contributed by atoms with Crippen LogP contribution in [-0.2, 0) is 19.2 Å². The second-order valence-electron chi connectivity index (χ2n) is 8.19. The molecular weight excluding hydrogens is 507 g/mol. The number of aliphatic hydroxyl groups is 1. The molecule has 0 fully saturated rings. The molecule has 0 aliphatic heterocycles. The fourth-order valence-electron chi connectivity index (χ4n) is 2.98. The third-order valence-electron chi connectivity index (χ3n) is 5.02. The molecule has 36 heavy (non-hydrogen) atoms. The van der Waals surface area contributed by atoms with E-state index in [1.54, 1.807) is 0 Å². The molecule has 0 saturated carbocycles. The highest BCUT2D eigenvalue weighted by atomic mass is 32.2. The number of carbonyl (C=O) groups is 4. The Morgan fingerprint density at radius 3 is 2.17 bits per heavy atom. The number of unbranched alkanes of at least 4 members (excludes halogenated alkanes) is 5. The molecule has 0 aromatic rings. The van der Waals surface area contributed by atoms with Crippen molar-refractivity contribution in [2.24, 2.45) is 5.73 Å². The van der Waals surface area contributed by atoms with E-state index in [0.29, 0.717) is 12.5 Å². The second-order valence-corrected chi connectivity index (χ2v) is 9.47. The number of carbonyl (C=O) groups excluding carboxylic acids is 2. The van der Waals surface area contributed by atoms with E-state index in [-0.39, 0.29) is 25.0 Å². The fourth-order valence-corrected chi connectivity index (χ4v) is 4.21. The van der Waals surface area contributed by atoms with E-state index < -0.39 is 59.6 Å². The standard InChI is InChI=1S/C22H36F3N3O7S/c1-2-3-4-5-6-7-8-14(11-17(29)22(23,24)25)36-13-16(20(33)27-12-19(31)32)28-18(30)10-9-15(26)21(34)35/h11,14-16,29H,2-10,12-13,26H2,1H3,(H,27,33)(H,28,30)(H,31,32)(H,34,35)/b17-11-/t14?,15-,16+/m0/s1. The lowest BCUT2D eigenvalue weighted by Crippen LogP contribution is -2.49. The first-order valence-electron chi connectivity index (χ1n) is 11.6. The Hall–Kier alpha value is -2.48. The second kappa shape index (κ2) is 17.9. The van der Waals surface area contributed by atoms with E-state index in [4.69, 9.17) is 15.9 Å². The third-order valence-corrected chi connectivity index (χ3v) is 6.34. The lowest BCUT2D eigenvalue weighted by atomic mass is 10.1. The molecule has 0 aromatic heterocycles. The Labute approximate surface area is 212 Å². The first-order valence-corrected chi connectivity index (χ1v) is 12.7. The highest BCUT2D eigenvalue weighted by Crippen LogP contribution is 2.28. The van der Waals surface area contributed by atoms with E-state index in [0.717, 1.165) is 43.9 Å². The van der Waals surface area contributed by atoms with Crippen LogP contribution in [0.3, 0.4) is 0 Å². The number of hydrogen-bond acceptors (Lipinski definition) is 7. The lowest BCUT2D eigenvalue weighted by Gasteiger charge is -2.21. The molecular formula is C22H36F3N3O7S. The molecule has 2 amide bonds. The van der Waals surface area contributed by atoms with Gasteiger partial charge in [0.05, 0.1) is 0 Å². The van der Waals surface area contributed by atoms with Crippen LogP contribution < -0.4 is 16.4 Å². The van der Waals surface area contributed by atoms with E-state index in [1.165, 1.54) is 0 Å². The number of amides is 2. The third kappa shape index (κ3) is 16.2. The molecule has 3 atom stereocenters. The number of halogens is 3. The topological polar surface area (TPSA) is 179 Å². The van der Waals surface area contributed by atoms with Gasteiger partial charge in [-0.2, -0.15) is 24.9 Å². The van der Waals surface area contributed by atoms with E-state index in [1.807, 2.05) is 0 Å². The number of aliphatic carboxylic acids is 2. The maximum absolute atomic E-state index is 12.9. The zero-order valence-corrected chi connectivity index (χ0v) is 21.0. The summed E-state index contributed by atoms with van der Waals surface area (Å²) >= 11 is 0.898. The maximum atomic E-state index is 12.9. The smallest absolute Gasteiger partial charge is 0.448 e. The average molecular weight is 544 g/mol. The van der Waals surface area contributed by atoms with Crippen molar-refractivity contribution in [2.75, 3.05) is 12.3 Å². The van der Waals surface area contributed by atoms with Crippen LogP contribution in [0.15, 0.2) is 11.8 Å². The number of alkyl halides is 3. The summed E-state index contributed by atoms with van der Waals surface area (Å²) in [5.41, 5.74) is 5.35. The van der Waals surface area contributed by atoms with Crippen LogP contribution in [0.1, 0.15) is 64.7 Å². The molecule has 0 spiro atoms. The van der Waals surface area contributed by atoms with Gasteiger partial charge in [-0.25, -0.2) is 0 Å². The van der Waals surface area contributed by atoms with Gasteiger partial charge in [0.15, 0.2) is 5.76 Å². The summed E-state index contributed by atoms with van der Waals surface area (Å²) in [7, 11) is 0. The number of rotatable bonds is 19. The minimum absolute atomic E-state index is 0.218. The van der Waals surface area contributed by atoms with Gasteiger partial charge in [-0.3, -0.25) is 19.2 Å². The van der Waals surface area contributed by atoms with E-state index >= 15 is 0 Å². The predicted molar refractivity (Wildman–Crippen MR) is 128 cm³/mol. The van der Waals surface area contributed by atoms with Crippen molar-refractivity contribution in [3.63, 3.8) is 0 Å². The fraction of sp³-hybridized carbons (Fsp3) is 0.727. The normalized spacial score (nSPS) is 14.5. The summed E-state index contributed by atoms with van der Waals surface area (Å²) in [6.07, 6.45) is 0.817. The number of carboxylic acids is 2. The quantitative estimate of drug-likeness (QED) is 0.105. The van der Waals surface area contributed by atoms with Crippen LogP contribution in [0.5, 0.6) is 0 Å². The maximum Gasteiger partial charge on any atom is 0.448 e. The molecule has 0 saturated heterocycles. The largest absolute Gasteiger partial charge is 0.504 e. The summed E-state index contributed by atoms with van der Waals surface area (Å²) in [6, 6.07) is -2.61. The predicted octanol–water partition coefficient (Wildman–Crippen LogP) is 2.72. The van der Waals surface area contributed by atoms with Gasteiger partial charge < -0.3 is 31.7 Å². The van der Waals surface area contributed by atoms with Gasteiger partial charge in [-0.1, -0.05) is 45.4 Å². The molecule has 0 aliphatic rings. The summed E-state index contributed by atoms with van der Waals surface area (Å²) in [4.78, 5) is 46.2. The monoisotopic (exact) mass is 543 g/mol.